The number of carboxylic acids is 1. The van der Waals surface area contributed by atoms with E-state index >= 15 is 0 Å². The van der Waals surface area contributed by atoms with Crippen molar-refractivity contribution in [1.82, 2.24) is 19.1 Å². The number of benzene rings is 2. The SMILES string of the molecule is COc1ccc2c(c1)C=C(c1c(C(=O)O)c(C)nn1C)Cn1c-2c(C2CCCCC2)c2ccc(C(=O)NS(=O)(=O)C(C)C)cc21. The third-order valence-corrected chi connectivity index (χ3v) is 10.9. The standard InChI is InChI=1S/C34H38N4O6S/c1-19(2)45(42,43)36-33(39)22-11-13-27-28(17-22)38-18-24(31-29(34(40)41)20(3)35-37(31)4)15-23-16-25(44-5)12-14-26(23)32(38)30(27)21-9-7-6-8-10-21/h11-17,19,21H,6-10,18H2,1-5H3,(H,36,39)(H,40,41). The molecule has 0 saturated heterocycles. The highest BCUT2D eigenvalue weighted by Gasteiger charge is 2.32. The second kappa shape index (κ2) is 11.5. The van der Waals surface area contributed by atoms with Crippen molar-refractivity contribution in [3.05, 3.63) is 70.0 Å². The highest BCUT2D eigenvalue weighted by molar-refractivity contribution is 7.90. The molecule has 2 aromatic heterocycles. The van der Waals surface area contributed by atoms with E-state index in [9.17, 15) is 23.1 Å². The number of sulfonamides is 1. The first-order valence-corrected chi connectivity index (χ1v) is 16.8. The molecular formula is C34H38N4O6S. The Labute approximate surface area is 262 Å². The molecule has 45 heavy (non-hydrogen) atoms. The van der Waals surface area contributed by atoms with Crippen LogP contribution in [0.5, 0.6) is 5.75 Å². The predicted octanol–water partition coefficient (Wildman–Crippen LogP) is 6.13. The Morgan fingerprint density at radius 3 is 2.47 bits per heavy atom. The van der Waals surface area contributed by atoms with Crippen LogP contribution in [0.3, 0.4) is 0 Å². The predicted molar refractivity (Wildman–Crippen MR) is 174 cm³/mol. The summed E-state index contributed by atoms with van der Waals surface area (Å²) in [5.41, 5.74) is 6.90. The molecule has 11 heteroatoms. The number of aryl methyl sites for hydroxylation is 2. The normalized spacial score (nSPS) is 15.4. The molecule has 0 spiro atoms. The Hall–Kier alpha value is -4.38. The number of fused-ring (bicyclic) bond motifs is 5. The quantitative estimate of drug-likeness (QED) is 0.251. The lowest BCUT2D eigenvalue weighted by Crippen LogP contribution is -2.35. The number of nitrogens with one attached hydrogen (secondary N) is 1. The van der Waals surface area contributed by atoms with Gasteiger partial charge in [-0.2, -0.15) is 5.10 Å². The van der Waals surface area contributed by atoms with Gasteiger partial charge in [0.2, 0.25) is 10.0 Å². The van der Waals surface area contributed by atoms with E-state index in [1.54, 1.807) is 37.9 Å². The molecule has 6 rings (SSSR count). The van der Waals surface area contributed by atoms with Gasteiger partial charge in [0.25, 0.3) is 5.91 Å². The van der Waals surface area contributed by atoms with Crippen molar-refractivity contribution in [3.8, 4) is 17.0 Å². The van der Waals surface area contributed by atoms with Crippen molar-refractivity contribution < 1.29 is 27.9 Å². The third kappa shape index (κ3) is 5.32. The largest absolute Gasteiger partial charge is 0.497 e. The van der Waals surface area contributed by atoms with Crippen molar-refractivity contribution >= 4 is 44.5 Å². The number of nitrogens with zero attached hydrogens (tertiary/aromatic N) is 3. The molecule has 4 aromatic rings. The summed E-state index contributed by atoms with van der Waals surface area (Å²) in [6, 6.07) is 11.3. The van der Waals surface area contributed by atoms with Gasteiger partial charge in [0, 0.05) is 29.1 Å². The molecule has 0 bridgehead atoms. The van der Waals surface area contributed by atoms with Crippen LogP contribution in [0.1, 0.15) is 95.1 Å². The summed E-state index contributed by atoms with van der Waals surface area (Å²) in [5.74, 6) is -0.774. The average Bonchev–Trinajstić information content (AvgIpc) is 3.42. The Bertz CT molecular complexity index is 1990. The fourth-order valence-corrected chi connectivity index (χ4v) is 7.53. The maximum Gasteiger partial charge on any atom is 0.339 e. The number of carbonyl (C=O) groups excluding carboxylic acids is 1. The minimum absolute atomic E-state index is 0.138. The van der Waals surface area contributed by atoms with Crippen molar-refractivity contribution in [2.45, 2.75) is 70.6 Å². The molecule has 1 aliphatic carbocycles. The molecule has 3 heterocycles. The fraction of sp³-hybridized carbons (Fsp3) is 0.382. The minimum Gasteiger partial charge on any atom is -0.497 e. The van der Waals surface area contributed by atoms with E-state index in [1.165, 1.54) is 25.8 Å². The average molecular weight is 631 g/mol. The maximum atomic E-state index is 13.3. The Kier molecular flexibility index (Phi) is 7.84. The number of rotatable bonds is 7. The van der Waals surface area contributed by atoms with Crippen molar-refractivity contribution in [2.75, 3.05) is 7.11 Å². The van der Waals surface area contributed by atoms with E-state index in [2.05, 4.69) is 14.4 Å². The molecule has 2 N–H and O–H groups in total. The monoisotopic (exact) mass is 630 g/mol. The number of ether oxygens (including phenoxy) is 1. The lowest BCUT2D eigenvalue weighted by Gasteiger charge is -2.24. The van der Waals surface area contributed by atoms with E-state index in [0.29, 0.717) is 29.6 Å². The number of aromatic nitrogens is 3. The second-order valence-corrected chi connectivity index (χ2v) is 14.5. The van der Waals surface area contributed by atoms with Gasteiger partial charge in [-0.3, -0.25) is 9.48 Å². The molecule has 0 unspecified atom stereocenters. The summed E-state index contributed by atoms with van der Waals surface area (Å²) in [5, 5.41) is 14.9. The number of hydrogen-bond donors (Lipinski definition) is 2. The molecule has 1 saturated carbocycles. The fourth-order valence-electron chi connectivity index (χ4n) is 6.91. The van der Waals surface area contributed by atoms with Crippen LogP contribution in [0, 0.1) is 6.92 Å². The topological polar surface area (TPSA) is 133 Å². The minimum atomic E-state index is -3.83. The van der Waals surface area contributed by atoms with E-state index < -0.39 is 27.1 Å². The van der Waals surface area contributed by atoms with Crippen LogP contribution in [0.25, 0.3) is 33.8 Å². The number of methoxy groups -OCH3 is 1. The highest BCUT2D eigenvalue weighted by atomic mass is 32.2. The van der Waals surface area contributed by atoms with Crippen LogP contribution in [0.4, 0.5) is 0 Å². The molecule has 1 aliphatic heterocycles. The zero-order valence-electron chi connectivity index (χ0n) is 26.2. The van der Waals surface area contributed by atoms with Gasteiger partial charge in [0.05, 0.1) is 36.0 Å². The number of aromatic carboxylic acids is 1. The van der Waals surface area contributed by atoms with E-state index in [-0.39, 0.29) is 11.1 Å². The van der Waals surface area contributed by atoms with Gasteiger partial charge in [0.15, 0.2) is 0 Å². The summed E-state index contributed by atoms with van der Waals surface area (Å²) >= 11 is 0. The first-order chi connectivity index (χ1) is 21.4. The Balaban J connectivity index is 1.65. The lowest BCUT2D eigenvalue weighted by molar-refractivity contribution is 0.0695. The van der Waals surface area contributed by atoms with Gasteiger partial charge in [-0.1, -0.05) is 25.3 Å². The Morgan fingerprint density at radius 1 is 1.07 bits per heavy atom. The summed E-state index contributed by atoms with van der Waals surface area (Å²) in [6.07, 6.45) is 7.53. The maximum absolute atomic E-state index is 13.3. The number of allylic oxidation sites excluding steroid dienone is 1. The molecule has 10 nitrogen and oxygen atoms in total. The van der Waals surface area contributed by atoms with Crippen molar-refractivity contribution in [3.63, 3.8) is 0 Å². The van der Waals surface area contributed by atoms with E-state index in [1.807, 2.05) is 30.3 Å². The molecule has 0 atom stereocenters. The molecular weight excluding hydrogens is 592 g/mol. The number of carbonyl (C=O) groups is 2. The van der Waals surface area contributed by atoms with Crippen LogP contribution in [-0.4, -0.2) is 52.1 Å². The Morgan fingerprint density at radius 2 is 1.80 bits per heavy atom. The summed E-state index contributed by atoms with van der Waals surface area (Å²) < 4.78 is 36.7. The number of hydrogen-bond acceptors (Lipinski definition) is 6. The van der Waals surface area contributed by atoms with Crippen LogP contribution < -0.4 is 9.46 Å². The molecule has 1 amide bonds. The molecule has 2 aromatic carbocycles. The van der Waals surface area contributed by atoms with Gasteiger partial charge in [0.1, 0.15) is 11.3 Å². The summed E-state index contributed by atoms with van der Waals surface area (Å²) in [4.78, 5) is 25.8. The second-order valence-electron chi connectivity index (χ2n) is 12.3. The first kappa shape index (κ1) is 30.6. The number of amides is 1. The van der Waals surface area contributed by atoms with Gasteiger partial charge in [-0.25, -0.2) is 17.9 Å². The van der Waals surface area contributed by atoms with Gasteiger partial charge in [-0.05, 0) is 92.6 Å². The molecule has 2 aliphatic rings. The zero-order valence-corrected chi connectivity index (χ0v) is 27.0. The molecule has 236 valence electrons. The van der Waals surface area contributed by atoms with E-state index in [4.69, 9.17) is 4.74 Å². The summed E-state index contributed by atoms with van der Waals surface area (Å²) in [7, 11) is -0.473. The van der Waals surface area contributed by atoms with Crippen LogP contribution in [-0.2, 0) is 23.6 Å². The first-order valence-electron chi connectivity index (χ1n) is 15.3. The smallest absolute Gasteiger partial charge is 0.339 e. The highest BCUT2D eigenvalue weighted by Crippen LogP contribution is 2.48. The van der Waals surface area contributed by atoms with Crippen molar-refractivity contribution in [2.24, 2.45) is 7.05 Å². The van der Waals surface area contributed by atoms with Crippen LogP contribution in [0.15, 0.2) is 36.4 Å². The van der Waals surface area contributed by atoms with Crippen LogP contribution in [0.2, 0.25) is 0 Å². The zero-order chi connectivity index (χ0) is 32.2. The lowest BCUT2D eigenvalue weighted by atomic mass is 9.81. The van der Waals surface area contributed by atoms with Crippen LogP contribution >= 0.6 is 0 Å². The van der Waals surface area contributed by atoms with Gasteiger partial charge < -0.3 is 14.4 Å². The molecule has 0 radical (unpaired) electrons. The summed E-state index contributed by atoms with van der Waals surface area (Å²) in [6.45, 7) is 5.04. The molecule has 1 fully saturated rings. The van der Waals surface area contributed by atoms with Gasteiger partial charge in [-0.15, -0.1) is 0 Å². The van der Waals surface area contributed by atoms with E-state index in [0.717, 1.165) is 59.0 Å². The van der Waals surface area contributed by atoms with Gasteiger partial charge >= 0.3 is 5.97 Å². The third-order valence-electron chi connectivity index (χ3n) is 9.15. The van der Waals surface area contributed by atoms with Crippen molar-refractivity contribution in [1.29, 1.82) is 0 Å². The number of carboxylic acid groups (broad SMARTS) is 1.